The Morgan fingerprint density at radius 2 is 1.88 bits per heavy atom. The van der Waals surface area contributed by atoms with Crippen molar-refractivity contribution in [2.75, 3.05) is 14.1 Å². The van der Waals surface area contributed by atoms with Gasteiger partial charge in [0.1, 0.15) is 0 Å². The first-order valence-electron chi connectivity index (χ1n) is 1.82. The van der Waals surface area contributed by atoms with Gasteiger partial charge in [-0.15, -0.1) is 12.7 Å². The van der Waals surface area contributed by atoms with Crippen LogP contribution in [0, 0.1) is 6.57 Å². The van der Waals surface area contributed by atoms with Crippen LogP contribution in [0.1, 0.15) is 0 Å². The monoisotopic (exact) mass is 134 g/mol. The van der Waals surface area contributed by atoms with Crippen LogP contribution in [0.2, 0.25) is 0 Å². The lowest BCUT2D eigenvalue weighted by Gasteiger charge is -1.94. The van der Waals surface area contributed by atoms with Gasteiger partial charge in [-0.25, -0.2) is 6.57 Å². The Morgan fingerprint density at radius 3 is 1.88 bits per heavy atom. The van der Waals surface area contributed by atoms with E-state index in [1.54, 1.807) is 0 Å². The van der Waals surface area contributed by atoms with Crippen molar-refractivity contribution in [2.45, 2.75) is 0 Å². The second-order valence-corrected chi connectivity index (χ2v) is 3.16. The van der Waals surface area contributed by atoms with Crippen LogP contribution < -0.4 is 0 Å². The molecule has 0 saturated heterocycles. The molecular weight excluding hydrogens is 128 g/mol. The van der Waals surface area contributed by atoms with E-state index in [0.717, 1.165) is 4.31 Å². The van der Waals surface area contributed by atoms with E-state index in [-0.39, 0.29) is 0 Å². The van der Waals surface area contributed by atoms with Crippen molar-refractivity contribution in [1.29, 1.82) is 0 Å². The maximum atomic E-state index is 10.3. The third-order valence-corrected chi connectivity index (χ3v) is 1.73. The summed E-state index contributed by atoms with van der Waals surface area (Å²) in [6.45, 7) is 6.13. The van der Waals surface area contributed by atoms with E-state index in [1.807, 2.05) is 0 Å². The maximum Gasteiger partial charge on any atom is 0.519 e. The Labute approximate surface area is 48.7 Å². The van der Waals surface area contributed by atoms with Crippen LogP contribution in [0.4, 0.5) is 0 Å². The molecule has 0 aliphatic carbocycles. The van der Waals surface area contributed by atoms with Gasteiger partial charge in [-0.3, -0.25) is 0 Å². The molecule has 0 aromatic heterocycles. The largest absolute Gasteiger partial charge is 0.519 e. The summed E-state index contributed by atoms with van der Waals surface area (Å²) in [4.78, 5) is 0. The molecule has 0 atom stereocenters. The van der Waals surface area contributed by atoms with Crippen LogP contribution in [-0.2, 0) is 10.2 Å². The average molecular weight is 134 g/mol. The zero-order chi connectivity index (χ0) is 6.78. The topological polar surface area (TPSA) is 41.7 Å². The van der Waals surface area contributed by atoms with Gasteiger partial charge >= 0.3 is 10.2 Å². The lowest BCUT2D eigenvalue weighted by Crippen LogP contribution is -2.17. The summed E-state index contributed by atoms with van der Waals surface area (Å²) in [5, 5.41) is 0. The molecule has 0 aromatic carbocycles. The van der Waals surface area contributed by atoms with Crippen LogP contribution in [0.15, 0.2) is 0 Å². The Morgan fingerprint density at radius 1 is 1.50 bits per heavy atom. The lowest BCUT2D eigenvalue weighted by atomic mass is 11.3. The second kappa shape index (κ2) is 2.11. The minimum atomic E-state index is -3.61. The van der Waals surface area contributed by atoms with E-state index in [0.29, 0.717) is 0 Å². The molecule has 0 aromatic rings. The van der Waals surface area contributed by atoms with Gasteiger partial charge < -0.3 is 0 Å². The summed E-state index contributed by atoms with van der Waals surface area (Å²) in [7, 11) is -0.985. The van der Waals surface area contributed by atoms with E-state index in [4.69, 9.17) is 6.57 Å². The van der Waals surface area contributed by atoms with Gasteiger partial charge in [0.2, 0.25) is 0 Å². The molecule has 0 heterocycles. The third-order valence-electron chi connectivity index (χ3n) is 0.577. The van der Waals surface area contributed by atoms with Crippen molar-refractivity contribution in [3.05, 3.63) is 10.8 Å². The third kappa shape index (κ3) is 1.48. The summed E-state index contributed by atoms with van der Waals surface area (Å²) in [5.41, 5.74) is 0. The van der Waals surface area contributed by atoms with Crippen LogP contribution >= 0.6 is 0 Å². The minimum Gasteiger partial charge on any atom is -0.204 e. The Bertz CT molecular complexity index is 198. The van der Waals surface area contributed by atoms with Gasteiger partial charge in [0.25, 0.3) is 0 Å². The molecule has 0 N–H and O–H groups in total. The van der Waals surface area contributed by atoms with Crippen LogP contribution in [0.5, 0.6) is 0 Å². The normalized spacial score (nSPS) is 11.2. The van der Waals surface area contributed by atoms with Crippen LogP contribution in [0.3, 0.4) is 0 Å². The van der Waals surface area contributed by atoms with Gasteiger partial charge in [-0.1, -0.05) is 0 Å². The van der Waals surface area contributed by atoms with Gasteiger partial charge in [-0.2, -0.15) is 4.25 Å². The summed E-state index contributed by atoms with van der Waals surface area (Å²) >= 11 is 0. The highest BCUT2D eigenvalue weighted by molar-refractivity contribution is 7.91. The van der Waals surface area contributed by atoms with E-state index in [9.17, 15) is 8.42 Å². The fraction of sp³-hybridized carbons (Fsp3) is 0.667. The average Bonchev–Trinajstić information content (AvgIpc) is 1.67. The van der Waals surface area contributed by atoms with Crippen LogP contribution in [-0.4, -0.2) is 26.8 Å². The second-order valence-electron chi connectivity index (χ2n) is 1.35. The molecule has 0 bridgehead atoms. The maximum absolute atomic E-state index is 10.3. The van der Waals surface area contributed by atoms with Gasteiger partial charge in [0, 0.05) is 14.1 Å². The Hall–Kier alpha value is -0.600. The van der Waals surface area contributed by atoms with Gasteiger partial charge in [-0.05, 0) is 0 Å². The first kappa shape index (κ1) is 7.40. The number of hydrogen-bond donors (Lipinski definition) is 0. The summed E-state index contributed by atoms with van der Waals surface area (Å²) in [5.74, 6) is 0. The minimum absolute atomic E-state index is 0.861. The van der Waals surface area contributed by atoms with Crippen molar-refractivity contribution < 1.29 is 8.42 Å². The summed E-state index contributed by atoms with van der Waals surface area (Å²) < 4.78 is 23.8. The highest BCUT2D eigenvalue weighted by atomic mass is 32.2. The molecule has 8 heavy (non-hydrogen) atoms. The fourth-order valence-corrected chi connectivity index (χ4v) is 0.245. The molecule has 4 nitrogen and oxygen atoms in total. The van der Waals surface area contributed by atoms with Crippen LogP contribution in [0.25, 0.3) is 4.25 Å². The van der Waals surface area contributed by atoms with E-state index < -0.39 is 10.2 Å². The van der Waals surface area contributed by atoms with E-state index >= 15 is 0 Å². The van der Waals surface area contributed by atoms with E-state index in [2.05, 4.69) is 4.25 Å². The Kier molecular flexibility index (Phi) is 1.95. The highest BCUT2D eigenvalue weighted by Gasteiger charge is 2.15. The summed E-state index contributed by atoms with van der Waals surface area (Å²) in [6, 6.07) is 0. The molecule has 0 unspecified atom stereocenters. The highest BCUT2D eigenvalue weighted by Crippen LogP contribution is 1.92. The zero-order valence-electron chi connectivity index (χ0n) is 4.62. The first-order chi connectivity index (χ1) is 3.50. The van der Waals surface area contributed by atoms with Crippen molar-refractivity contribution in [2.24, 2.45) is 0 Å². The lowest BCUT2D eigenvalue weighted by molar-refractivity contribution is 0.530. The fourth-order valence-electron chi connectivity index (χ4n) is 0.0816. The molecule has 0 aliphatic heterocycles. The SMILES string of the molecule is [C-]#[N+]S(=O)(=O)N(C)C. The molecule has 0 saturated carbocycles. The molecule has 0 rings (SSSR count). The summed E-state index contributed by atoms with van der Waals surface area (Å²) in [6.07, 6.45) is 0. The molecular formula is C3H6N2O2S. The molecule has 46 valence electrons. The zero-order valence-corrected chi connectivity index (χ0v) is 5.44. The van der Waals surface area contributed by atoms with Crippen molar-refractivity contribution >= 4 is 10.2 Å². The first-order valence-corrected chi connectivity index (χ1v) is 3.21. The molecule has 5 heteroatoms. The van der Waals surface area contributed by atoms with E-state index in [1.165, 1.54) is 14.1 Å². The Balaban J connectivity index is 4.49. The standard InChI is InChI=1S/C3H6N2O2S/c1-4-8(6,7)5(2)3/h2-3H3. The molecule has 0 fully saturated rings. The number of nitrogens with zero attached hydrogens (tertiary/aromatic N) is 2. The van der Waals surface area contributed by atoms with Gasteiger partial charge in [0.15, 0.2) is 0 Å². The molecule has 0 spiro atoms. The number of rotatable bonds is 1. The predicted octanol–water partition coefficient (Wildman–Crippen LogP) is -0.288. The van der Waals surface area contributed by atoms with Crippen molar-refractivity contribution in [3.8, 4) is 0 Å². The molecule has 0 aliphatic rings. The molecule has 0 amide bonds. The predicted molar refractivity (Wildman–Crippen MR) is 29.2 cm³/mol. The van der Waals surface area contributed by atoms with Crippen molar-refractivity contribution in [3.63, 3.8) is 0 Å². The van der Waals surface area contributed by atoms with Crippen molar-refractivity contribution in [1.82, 2.24) is 4.31 Å². The smallest absolute Gasteiger partial charge is 0.204 e. The quantitative estimate of drug-likeness (QED) is 0.462. The number of hydrogen-bond acceptors (Lipinski definition) is 2. The molecule has 0 radical (unpaired) electrons. The van der Waals surface area contributed by atoms with Gasteiger partial charge in [0.05, 0.1) is 0 Å².